The molecule has 0 atom stereocenters. The van der Waals surface area contributed by atoms with Gasteiger partial charge in [0.15, 0.2) is 5.65 Å². The van der Waals surface area contributed by atoms with Crippen LogP contribution >= 0.6 is 0 Å². The van der Waals surface area contributed by atoms with Crippen LogP contribution in [0, 0.1) is 0 Å². The number of anilines is 1. The number of methoxy groups -OCH3 is 1. The number of ether oxygens (including phenoxy) is 1. The molecule has 0 saturated carbocycles. The summed E-state index contributed by atoms with van der Waals surface area (Å²) in [7, 11) is 1.70. The second kappa shape index (κ2) is 5.66. The zero-order valence-electron chi connectivity index (χ0n) is 11.1. The molecular formula is C14H15N5O. The predicted molar refractivity (Wildman–Crippen MR) is 76.2 cm³/mol. The summed E-state index contributed by atoms with van der Waals surface area (Å²) in [4.78, 5) is 8.34. The van der Waals surface area contributed by atoms with E-state index in [1.807, 2.05) is 0 Å². The summed E-state index contributed by atoms with van der Waals surface area (Å²) in [6.45, 7) is 1.33. The maximum Gasteiger partial charge on any atom is 0.160 e. The lowest BCUT2D eigenvalue weighted by Crippen LogP contribution is -2.02. The molecule has 0 amide bonds. The summed E-state index contributed by atoms with van der Waals surface area (Å²) < 4.78 is 5.09. The van der Waals surface area contributed by atoms with E-state index in [9.17, 15) is 0 Å². The third-order valence-corrected chi connectivity index (χ3v) is 3.04. The van der Waals surface area contributed by atoms with Gasteiger partial charge in [0.25, 0.3) is 0 Å². The lowest BCUT2D eigenvalue weighted by molar-refractivity contribution is 0.185. The Kier molecular flexibility index (Phi) is 3.56. The van der Waals surface area contributed by atoms with Crippen LogP contribution < -0.4 is 5.32 Å². The van der Waals surface area contributed by atoms with Crippen LogP contribution in [-0.2, 0) is 17.9 Å². The van der Waals surface area contributed by atoms with Crippen LogP contribution in [0.25, 0.3) is 11.0 Å². The van der Waals surface area contributed by atoms with Crippen molar-refractivity contribution in [1.82, 2.24) is 20.2 Å². The number of hydrogen-bond acceptors (Lipinski definition) is 5. The average Bonchev–Trinajstić information content (AvgIpc) is 2.96. The van der Waals surface area contributed by atoms with Gasteiger partial charge in [0.1, 0.15) is 12.1 Å². The van der Waals surface area contributed by atoms with Crippen LogP contribution in [0.1, 0.15) is 11.1 Å². The predicted octanol–water partition coefficient (Wildman–Crippen LogP) is 2.11. The fourth-order valence-electron chi connectivity index (χ4n) is 2.01. The Morgan fingerprint density at radius 1 is 1.15 bits per heavy atom. The van der Waals surface area contributed by atoms with E-state index in [4.69, 9.17) is 4.74 Å². The normalized spacial score (nSPS) is 10.8. The summed E-state index contributed by atoms with van der Waals surface area (Å²) >= 11 is 0. The van der Waals surface area contributed by atoms with Crippen LogP contribution in [0.4, 0.5) is 5.82 Å². The van der Waals surface area contributed by atoms with E-state index in [0.29, 0.717) is 13.2 Å². The third kappa shape index (κ3) is 2.60. The minimum absolute atomic E-state index is 0.634. The zero-order chi connectivity index (χ0) is 13.8. The lowest BCUT2D eigenvalue weighted by atomic mass is 10.1. The van der Waals surface area contributed by atoms with Gasteiger partial charge in [0.05, 0.1) is 18.2 Å². The van der Waals surface area contributed by atoms with Gasteiger partial charge in [0.2, 0.25) is 0 Å². The Hall–Kier alpha value is -2.47. The molecular weight excluding hydrogens is 254 g/mol. The van der Waals surface area contributed by atoms with Crippen LogP contribution in [0.3, 0.4) is 0 Å². The molecule has 6 nitrogen and oxygen atoms in total. The van der Waals surface area contributed by atoms with Crippen LogP contribution in [-0.4, -0.2) is 27.3 Å². The molecule has 0 unspecified atom stereocenters. The monoisotopic (exact) mass is 269 g/mol. The molecule has 0 spiro atoms. The van der Waals surface area contributed by atoms with E-state index in [-0.39, 0.29) is 0 Å². The summed E-state index contributed by atoms with van der Waals surface area (Å²) in [5.74, 6) is 0.782. The molecule has 0 saturated heterocycles. The van der Waals surface area contributed by atoms with Gasteiger partial charge in [-0.05, 0) is 11.1 Å². The van der Waals surface area contributed by atoms with E-state index in [2.05, 4.69) is 49.7 Å². The average molecular weight is 269 g/mol. The first-order chi connectivity index (χ1) is 9.86. The number of fused-ring (bicyclic) bond motifs is 1. The van der Waals surface area contributed by atoms with Crippen molar-refractivity contribution in [2.45, 2.75) is 13.2 Å². The van der Waals surface area contributed by atoms with Crippen molar-refractivity contribution in [3.63, 3.8) is 0 Å². The van der Waals surface area contributed by atoms with Crippen LogP contribution in [0.15, 0.2) is 36.8 Å². The Morgan fingerprint density at radius 2 is 1.95 bits per heavy atom. The Labute approximate surface area is 116 Å². The number of H-pyrrole nitrogens is 1. The van der Waals surface area contributed by atoms with Crippen molar-refractivity contribution in [3.8, 4) is 0 Å². The third-order valence-electron chi connectivity index (χ3n) is 3.04. The fourth-order valence-corrected chi connectivity index (χ4v) is 2.01. The maximum absolute atomic E-state index is 5.09. The van der Waals surface area contributed by atoms with Crippen molar-refractivity contribution in [3.05, 3.63) is 47.9 Å². The van der Waals surface area contributed by atoms with Crippen molar-refractivity contribution in [2.75, 3.05) is 12.4 Å². The van der Waals surface area contributed by atoms with Crippen LogP contribution in [0.5, 0.6) is 0 Å². The molecule has 3 aromatic rings. The maximum atomic E-state index is 5.09. The Morgan fingerprint density at radius 3 is 2.75 bits per heavy atom. The second-order valence-corrected chi connectivity index (χ2v) is 4.46. The molecule has 0 radical (unpaired) electrons. The van der Waals surface area contributed by atoms with E-state index in [1.165, 1.54) is 11.9 Å². The minimum Gasteiger partial charge on any atom is -0.380 e. The van der Waals surface area contributed by atoms with Crippen molar-refractivity contribution in [2.24, 2.45) is 0 Å². The summed E-state index contributed by atoms with van der Waals surface area (Å²) in [6, 6.07) is 8.28. The van der Waals surface area contributed by atoms with E-state index in [0.717, 1.165) is 22.4 Å². The number of aromatic amines is 1. The first-order valence-electron chi connectivity index (χ1n) is 6.31. The van der Waals surface area contributed by atoms with Gasteiger partial charge < -0.3 is 10.1 Å². The molecule has 102 valence electrons. The summed E-state index contributed by atoms with van der Waals surface area (Å²) in [5, 5.41) is 11.0. The molecule has 0 aliphatic heterocycles. The highest BCUT2D eigenvalue weighted by Crippen LogP contribution is 2.17. The number of aromatic nitrogens is 4. The SMILES string of the molecule is COCc1ccc(CNc2ncnc3[nH]ncc23)cc1. The number of nitrogens with one attached hydrogen (secondary N) is 2. The standard InChI is InChI=1S/C14H15N5O/c1-20-8-11-4-2-10(3-5-11)6-15-13-12-7-18-19-14(12)17-9-16-13/h2-5,7,9H,6,8H2,1H3,(H2,15,16,17,18,19). The van der Waals surface area contributed by atoms with Gasteiger partial charge in [-0.2, -0.15) is 5.10 Å². The van der Waals surface area contributed by atoms with Gasteiger partial charge in [-0.1, -0.05) is 24.3 Å². The van der Waals surface area contributed by atoms with Gasteiger partial charge in [-0.3, -0.25) is 5.10 Å². The van der Waals surface area contributed by atoms with E-state index < -0.39 is 0 Å². The lowest BCUT2D eigenvalue weighted by Gasteiger charge is -2.07. The smallest absolute Gasteiger partial charge is 0.160 e. The topological polar surface area (TPSA) is 75.7 Å². The minimum atomic E-state index is 0.634. The molecule has 0 aliphatic rings. The molecule has 3 rings (SSSR count). The van der Waals surface area contributed by atoms with Gasteiger partial charge in [-0.25, -0.2) is 9.97 Å². The number of benzene rings is 1. The fraction of sp³-hybridized carbons (Fsp3) is 0.214. The first-order valence-corrected chi connectivity index (χ1v) is 6.31. The zero-order valence-corrected chi connectivity index (χ0v) is 11.1. The molecule has 1 aromatic carbocycles. The van der Waals surface area contributed by atoms with Gasteiger partial charge in [-0.15, -0.1) is 0 Å². The summed E-state index contributed by atoms with van der Waals surface area (Å²) in [6.07, 6.45) is 3.24. The quantitative estimate of drug-likeness (QED) is 0.742. The highest BCUT2D eigenvalue weighted by molar-refractivity contribution is 5.85. The molecule has 20 heavy (non-hydrogen) atoms. The van der Waals surface area contributed by atoms with E-state index in [1.54, 1.807) is 13.3 Å². The van der Waals surface area contributed by atoms with Crippen molar-refractivity contribution >= 4 is 16.9 Å². The molecule has 0 aliphatic carbocycles. The molecule has 2 N–H and O–H groups in total. The first kappa shape index (κ1) is 12.6. The van der Waals surface area contributed by atoms with E-state index >= 15 is 0 Å². The second-order valence-electron chi connectivity index (χ2n) is 4.46. The van der Waals surface area contributed by atoms with Gasteiger partial charge in [0, 0.05) is 13.7 Å². The number of rotatable bonds is 5. The largest absolute Gasteiger partial charge is 0.380 e. The molecule has 6 heteroatoms. The number of nitrogens with zero attached hydrogens (tertiary/aromatic N) is 3. The molecule has 0 bridgehead atoms. The summed E-state index contributed by atoms with van der Waals surface area (Å²) in [5.41, 5.74) is 3.08. The Balaban J connectivity index is 1.71. The molecule has 0 fully saturated rings. The van der Waals surface area contributed by atoms with Crippen molar-refractivity contribution in [1.29, 1.82) is 0 Å². The van der Waals surface area contributed by atoms with Gasteiger partial charge >= 0.3 is 0 Å². The van der Waals surface area contributed by atoms with Crippen LogP contribution in [0.2, 0.25) is 0 Å². The Bertz CT molecular complexity index is 692. The number of hydrogen-bond donors (Lipinski definition) is 2. The highest BCUT2D eigenvalue weighted by Gasteiger charge is 2.04. The molecule has 2 heterocycles. The van der Waals surface area contributed by atoms with Crippen molar-refractivity contribution < 1.29 is 4.74 Å². The molecule has 2 aromatic heterocycles. The highest BCUT2D eigenvalue weighted by atomic mass is 16.5.